The van der Waals surface area contributed by atoms with Crippen molar-refractivity contribution < 1.29 is 19.1 Å². The highest BCUT2D eigenvalue weighted by atomic mass is 16.5. The lowest BCUT2D eigenvalue weighted by molar-refractivity contribution is -0.0677. The first-order valence-electron chi connectivity index (χ1n) is 8.83. The second kappa shape index (κ2) is 8.03. The summed E-state index contributed by atoms with van der Waals surface area (Å²) >= 11 is 0. The summed E-state index contributed by atoms with van der Waals surface area (Å²) < 4.78 is 10.7. The summed E-state index contributed by atoms with van der Waals surface area (Å²) in [6.07, 6.45) is -0.407. The van der Waals surface area contributed by atoms with Crippen molar-refractivity contribution >= 4 is 12.1 Å². The highest BCUT2D eigenvalue weighted by Crippen LogP contribution is 2.20. The number of hydrogen-bond acceptors (Lipinski definition) is 5. The number of carbonyl (C=O) groups is 2. The number of benzene rings is 1. The van der Waals surface area contributed by atoms with E-state index in [2.05, 4.69) is 22.0 Å². The lowest BCUT2D eigenvalue weighted by Gasteiger charge is -2.41. The molecule has 0 aliphatic carbocycles. The Bertz CT molecular complexity index is 650. The van der Waals surface area contributed by atoms with Crippen LogP contribution in [0.25, 0.3) is 0 Å². The van der Waals surface area contributed by atoms with Crippen LogP contribution in [0.4, 0.5) is 9.59 Å². The van der Waals surface area contributed by atoms with Gasteiger partial charge < -0.3 is 20.1 Å². The van der Waals surface area contributed by atoms with Crippen LogP contribution in [0, 0.1) is 6.92 Å². The zero-order valence-electron chi connectivity index (χ0n) is 15.3. The van der Waals surface area contributed by atoms with Crippen LogP contribution in [0.3, 0.4) is 0 Å². The highest BCUT2D eigenvalue weighted by Gasteiger charge is 2.41. The normalized spacial score (nSPS) is 25.6. The molecule has 4 amide bonds. The molecule has 1 aromatic rings. The topological polar surface area (TPSA) is 91.9 Å². The summed E-state index contributed by atoms with van der Waals surface area (Å²) in [7, 11) is 1.56. The average Bonchev–Trinajstić information content (AvgIpc) is 2.61. The van der Waals surface area contributed by atoms with Crippen LogP contribution < -0.4 is 16.0 Å². The quantitative estimate of drug-likeness (QED) is 0.738. The van der Waals surface area contributed by atoms with E-state index in [9.17, 15) is 9.59 Å². The minimum Gasteiger partial charge on any atom is -0.379 e. The monoisotopic (exact) mass is 362 g/mol. The Morgan fingerprint density at radius 1 is 1.31 bits per heavy atom. The Balaban J connectivity index is 1.64. The third-order valence-electron chi connectivity index (χ3n) is 4.84. The van der Waals surface area contributed by atoms with Gasteiger partial charge in [-0.25, -0.2) is 14.5 Å². The van der Waals surface area contributed by atoms with Crippen LogP contribution >= 0.6 is 0 Å². The molecule has 26 heavy (non-hydrogen) atoms. The first-order valence-corrected chi connectivity index (χ1v) is 8.83. The fraction of sp³-hybridized carbons (Fsp3) is 0.556. The number of carbonyl (C=O) groups excluding carboxylic acids is 2. The van der Waals surface area contributed by atoms with E-state index in [-0.39, 0.29) is 18.2 Å². The van der Waals surface area contributed by atoms with Gasteiger partial charge in [0.05, 0.1) is 12.6 Å². The second-order valence-corrected chi connectivity index (χ2v) is 6.71. The largest absolute Gasteiger partial charge is 0.379 e. The van der Waals surface area contributed by atoms with Crippen molar-refractivity contribution in [3.8, 4) is 0 Å². The number of aryl methyl sites for hydroxylation is 1. The fourth-order valence-corrected chi connectivity index (χ4v) is 3.41. The van der Waals surface area contributed by atoms with Gasteiger partial charge in [0.25, 0.3) is 0 Å². The molecule has 3 N–H and O–H groups in total. The van der Waals surface area contributed by atoms with Crippen LogP contribution in [0.15, 0.2) is 24.3 Å². The Kier molecular flexibility index (Phi) is 5.75. The van der Waals surface area contributed by atoms with Crippen molar-refractivity contribution in [2.24, 2.45) is 0 Å². The van der Waals surface area contributed by atoms with Crippen molar-refractivity contribution in [2.75, 3.05) is 20.3 Å². The molecule has 2 saturated heterocycles. The maximum atomic E-state index is 12.6. The highest BCUT2D eigenvalue weighted by molar-refractivity contribution is 5.96. The predicted octanol–water partition coefficient (Wildman–Crippen LogP) is 1.47. The zero-order chi connectivity index (χ0) is 18.7. The smallest absolute Gasteiger partial charge is 0.328 e. The summed E-state index contributed by atoms with van der Waals surface area (Å²) in [5, 5.41) is 8.83. The van der Waals surface area contributed by atoms with E-state index in [4.69, 9.17) is 9.47 Å². The number of imide groups is 1. The van der Waals surface area contributed by atoms with E-state index in [1.165, 1.54) is 4.90 Å². The minimum atomic E-state index is -0.636. The minimum absolute atomic E-state index is 0.0399. The summed E-state index contributed by atoms with van der Waals surface area (Å²) in [6, 6.07) is 6.84. The lowest BCUT2D eigenvalue weighted by atomic mass is 10.0. The number of nitrogens with one attached hydrogen (secondary N) is 3. The zero-order valence-corrected chi connectivity index (χ0v) is 15.3. The van der Waals surface area contributed by atoms with Crippen molar-refractivity contribution in [1.29, 1.82) is 0 Å². The standard InChI is InChI=1S/C18H26N4O4/c1-11-5-4-6-13(9-11)12(2)19-16-20-17(23)22(18(24)21-16)14-7-8-26-10-15(14)25-3/h4-6,9,12,14-16,19H,7-8,10H2,1-3H3,(H,20,23)(H,21,24)/t12-,14-,15-/m0/s1. The summed E-state index contributed by atoms with van der Waals surface area (Å²) in [5.41, 5.74) is 2.24. The average molecular weight is 362 g/mol. The second-order valence-electron chi connectivity index (χ2n) is 6.71. The van der Waals surface area contributed by atoms with Crippen LogP contribution in [-0.4, -0.2) is 55.7 Å². The van der Waals surface area contributed by atoms with Gasteiger partial charge in [-0.3, -0.25) is 5.32 Å². The van der Waals surface area contributed by atoms with Crippen molar-refractivity contribution in [3.05, 3.63) is 35.4 Å². The summed E-state index contributed by atoms with van der Waals surface area (Å²) in [5.74, 6) is 0. The van der Waals surface area contributed by atoms with E-state index >= 15 is 0 Å². The summed E-state index contributed by atoms with van der Waals surface area (Å²) in [6.45, 7) is 4.87. The Hall–Kier alpha value is -2.16. The predicted molar refractivity (Wildman–Crippen MR) is 95.4 cm³/mol. The van der Waals surface area contributed by atoms with Crippen LogP contribution in [-0.2, 0) is 9.47 Å². The molecule has 3 atom stereocenters. The Morgan fingerprint density at radius 3 is 2.69 bits per heavy atom. The molecule has 2 fully saturated rings. The van der Waals surface area contributed by atoms with E-state index < -0.39 is 18.4 Å². The number of rotatable bonds is 5. The van der Waals surface area contributed by atoms with Crippen LogP contribution in [0.1, 0.15) is 30.5 Å². The van der Waals surface area contributed by atoms with Gasteiger partial charge in [-0.15, -0.1) is 0 Å². The molecule has 8 nitrogen and oxygen atoms in total. The third-order valence-corrected chi connectivity index (χ3v) is 4.84. The number of methoxy groups -OCH3 is 1. The molecule has 0 saturated carbocycles. The third kappa shape index (κ3) is 3.98. The molecule has 142 valence electrons. The Morgan fingerprint density at radius 2 is 2.04 bits per heavy atom. The van der Waals surface area contributed by atoms with Gasteiger partial charge >= 0.3 is 12.1 Å². The van der Waals surface area contributed by atoms with Crippen LogP contribution in [0.5, 0.6) is 0 Å². The molecule has 0 bridgehead atoms. The fourth-order valence-electron chi connectivity index (χ4n) is 3.41. The van der Waals surface area contributed by atoms with Crippen molar-refractivity contribution in [2.45, 2.75) is 44.7 Å². The van der Waals surface area contributed by atoms with Gasteiger partial charge in [-0.2, -0.15) is 0 Å². The van der Waals surface area contributed by atoms with E-state index in [0.717, 1.165) is 11.1 Å². The Labute approximate surface area is 153 Å². The maximum absolute atomic E-state index is 12.6. The number of urea groups is 2. The summed E-state index contributed by atoms with van der Waals surface area (Å²) in [4.78, 5) is 26.3. The molecule has 2 heterocycles. The van der Waals surface area contributed by atoms with Gasteiger partial charge in [-0.05, 0) is 25.8 Å². The number of nitrogens with zero attached hydrogens (tertiary/aromatic N) is 1. The molecular formula is C18H26N4O4. The molecule has 2 aliphatic rings. The molecule has 0 radical (unpaired) electrons. The molecule has 3 rings (SSSR count). The van der Waals surface area contributed by atoms with Gasteiger partial charge in [0.2, 0.25) is 0 Å². The van der Waals surface area contributed by atoms with E-state index in [1.54, 1.807) is 7.11 Å². The molecule has 8 heteroatoms. The molecule has 0 unspecified atom stereocenters. The molecular weight excluding hydrogens is 336 g/mol. The molecule has 0 aromatic heterocycles. The van der Waals surface area contributed by atoms with Gasteiger partial charge in [0, 0.05) is 19.8 Å². The van der Waals surface area contributed by atoms with Gasteiger partial charge in [-0.1, -0.05) is 29.8 Å². The van der Waals surface area contributed by atoms with Gasteiger partial charge in [0.15, 0.2) is 6.29 Å². The van der Waals surface area contributed by atoms with Crippen LogP contribution in [0.2, 0.25) is 0 Å². The molecule has 1 aromatic carbocycles. The van der Waals surface area contributed by atoms with Gasteiger partial charge in [0.1, 0.15) is 6.10 Å². The van der Waals surface area contributed by atoms with E-state index in [0.29, 0.717) is 19.6 Å². The first-order chi connectivity index (χ1) is 12.5. The van der Waals surface area contributed by atoms with E-state index in [1.807, 2.05) is 32.0 Å². The SMILES string of the molecule is CO[C@H]1COCC[C@@H]1N1C(=O)NC(N[C@@H](C)c2cccc(C)c2)NC1=O. The van der Waals surface area contributed by atoms with Crippen molar-refractivity contribution in [3.63, 3.8) is 0 Å². The lowest BCUT2D eigenvalue weighted by Crippen LogP contribution is -2.71. The molecule has 2 aliphatic heterocycles. The van der Waals surface area contributed by atoms with Crippen molar-refractivity contribution in [1.82, 2.24) is 20.9 Å². The number of hydrogen-bond donors (Lipinski definition) is 3. The first kappa shape index (κ1) is 18.6. The number of ether oxygens (including phenoxy) is 2. The number of amides is 4. The molecule has 0 spiro atoms. The maximum Gasteiger partial charge on any atom is 0.328 e.